The zero-order valence-corrected chi connectivity index (χ0v) is 10.4. The van der Waals surface area contributed by atoms with Crippen LogP contribution in [0.25, 0.3) is 0 Å². The van der Waals surface area contributed by atoms with Gasteiger partial charge in [0.25, 0.3) is 5.91 Å². The van der Waals surface area contributed by atoms with E-state index in [2.05, 4.69) is 5.32 Å². The molecule has 19 heavy (non-hydrogen) atoms. The number of ether oxygens (including phenoxy) is 1. The van der Waals surface area contributed by atoms with Gasteiger partial charge in [0.2, 0.25) is 0 Å². The topological polar surface area (TPSA) is 78.9 Å². The van der Waals surface area contributed by atoms with Crippen LogP contribution in [0.3, 0.4) is 0 Å². The fourth-order valence-electron chi connectivity index (χ4n) is 1.73. The fraction of sp³-hybridized carbons (Fsp3) is 0.231. The summed E-state index contributed by atoms with van der Waals surface area (Å²) in [4.78, 5) is 23.5. The first-order valence-corrected chi connectivity index (χ1v) is 5.73. The molecule has 0 atom stereocenters. The van der Waals surface area contributed by atoms with Gasteiger partial charge in [-0.15, -0.1) is 0 Å². The molecule has 1 aliphatic rings. The number of rotatable bonds is 4. The molecule has 0 bridgehead atoms. The molecule has 0 unspecified atom stereocenters. The van der Waals surface area contributed by atoms with Gasteiger partial charge in [0.1, 0.15) is 5.75 Å². The summed E-state index contributed by atoms with van der Waals surface area (Å²) in [6, 6.07) is 5.42. The standard InChI is InChI=1S/C13H14N2O4/c1-15(6-2-3-13(17)18)9-4-5-11-10(7-9)14-12(16)8-19-11/h2-5,7H,6,8H2,1H3,(H,14,16)(H,17,18)/b3-2+. The number of aliphatic carboxylic acids is 1. The van der Waals surface area contributed by atoms with Crippen LogP contribution < -0.4 is 15.0 Å². The van der Waals surface area contributed by atoms with Crippen molar-refractivity contribution >= 4 is 23.3 Å². The van der Waals surface area contributed by atoms with E-state index in [1.807, 2.05) is 18.0 Å². The van der Waals surface area contributed by atoms with Crippen LogP contribution in [0.2, 0.25) is 0 Å². The van der Waals surface area contributed by atoms with Crippen molar-refractivity contribution in [3.63, 3.8) is 0 Å². The maximum atomic E-state index is 11.2. The Morgan fingerprint density at radius 3 is 3.11 bits per heavy atom. The predicted octanol–water partition coefficient (Wildman–Crippen LogP) is 1.09. The molecular formula is C13H14N2O4. The Labute approximate surface area is 110 Å². The van der Waals surface area contributed by atoms with Crippen LogP contribution in [0.15, 0.2) is 30.4 Å². The summed E-state index contributed by atoms with van der Waals surface area (Å²) in [6.45, 7) is 0.490. The minimum absolute atomic E-state index is 0.0313. The summed E-state index contributed by atoms with van der Waals surface area (Å²) in [6.07, 6.45) is 2.65. The molecule has 0 radical (unpaired) electrons. The number of carboxylic acids is 1. The van der Waals surface area contributed by atoms with Crippen molar-refractivity contribution in [2.24, 2.45) is 0 Å². The molecule has 0 aliphatic carbocycles. The van der Waals surface area contributed by atoms with Crippen molar-refractivity contribution in [1.29, 1.82) is 0 Å². The third kappa shape index (κ3) is 3.25. The molecule has 0 fully saturated rings. The average molecular weight is 262 g/mol. The van der Waals surface area contributed by atoms with E-state index >= 15 is 0 Å². The van der Waals surface area contributed by atoms with E-state index in [9.17, 15) is 9.59 Å². The zero-order valence-electron chi connectivity index (χ0n) is 10.4. The quantitative estimate of drug-likeness (QED) is 0.794. The zero-order chi connectivity index (χ0) is 13.8. The van der Waals surface area contributed by atoms with Crippen LogP contribution in [0, 0.1) is 0 Å². The van der Waals surface area contributed by atoms with Gasteiger partial charge in [0.05, 0.1) is 5.69 Å². The fourth-order valence-corrected chi connectivity index (χ4v) is 1.73. The third-order valence-corrected chi connectivity index (χ3v) is 2.68. The Hall–Kier alpha value is -2.50. The Morgan fingerprint density at radius 2 is 2.37 bits per heavy atom. The molecular weight excluding hydrogens is 248 g/mol. The lowest BCUT2D eigenvalue weighted by molar-refractivity contribution is -0.131. The SMILES string of the molecule is CN(C/C=C/C(=O)O)c1ccc2c(c1)NC(=O)CO2. The molecule has 100 valence electrons. The number of carbonyl (C=O) groups is 2. The van der Waals surface area contributed by atoms with Crippen LogP contribution in [0.5, 0.6) is 5.75 Å². The van der Waals surface area contributed by atoms with Gasteiger partial charge in [-0.25, -0.2) is 4.79 Å². The minimum atomic E-state index is -0.973. The van der Waals surface area contributed by atoms with Gasteiger partial charge in [-0.1, -0.05) is 6.08 Å². The molecule has 0 aromatic heterocycles. The first-order chi connectivity index (χ1) is 9.06. The van der Waals surface area contributed by atoms with E-state index in [-0.39, 0.29) is 12.5 Å². The Kier molecular flexibility index (Phi) is 3.70. The number of amides is 1. The molecule has 1 aliphatic heterocycles. The number of carboxylic acid groups (broad SMARTS) is 1. The monoisotopic (exact) mass is 262 g/mol. The maximum absolute atomic E-state index is 11.2. The van der Waals surface area contributed by atoms with E-state index in [1.165, 1.54) is 0 Å². The summed E-state index contributed by atoms with van der Waals surface area (Å²) in [5, 5.41) is 11.2. The van der Waals surface area contributed by atoms with Gasteiger partial charge < -0.3 is 20.1 Å². The molecule has 6 nitrogen and oxygen atoms in total. The van der Waals surface area contributed by atoms with Crippen LogP contribution in [0.1, 0.15) is 0 Å². The van der Waals surface area contributed by atoms with E-state index in [1.54, 1.807) is 18.2 Å². The summed E-state index contributed by atoms with van der Waals surface area (Å²) in [7, 11) is 1.83. The van der Waals surface area contributed by atoms with Crippen molar-refractivity contribution < 1.29 is 19.4 Å². The van der Waals surface area contributed by atoms with Crippen molar-refractivity contribution in [3.8, 4) is 5.75 Å². The molecule has 1 heterocycles. The number of likely N-dealkylation sites (N-methyl/N-ethyl adjacent to an activating group) is 1. The van der Waals surface area contributed by atoms with Gasteiger partial charge in [-0.2, -0.15) is 0 Å². The molecule has 1 aromatic carbocycles. The lowest BCUT2D eigenvalue weighted by atomic mass is 10.2. The van der Waals surface area contributed by atoms with Gasteiger partial charge in [-0.3, -0.25) is 4.79 Å². The molecule has 0 saturated carbocycles. The highest BCUT2D eigenvalue weighted by Crippen LogP contribution is 2.31. The molecule has 1 aromatic rings. The van der Waals surface area contributed by atoms with Crippen LogP contribution in [-0.2, 0) is 9.59 Å². The number of fused-ring (bicyclic) bond motifs is 1. The largest absolute Gasteiger partial charge is 0.482 e. The van der Waals surface area contributed by atoms with Gasteiger partial charge in [0.15, 0.2) is 6.61 Å². The predicted molar refractivity (Wildman–Crippen MR) is 70.6 cm³/mol. The van der Waals surface area contributed by atoms with Gasteiger partial charge >= 0.3 is 5.97 Å². The minimum Gasteiger partial charge on any atom is -0.482 e. The first kappa shape index (κ1) is 12.9. The molecule has 0 saturated heterocycles. The lowest BCUT2D eigenvalue weighted by Crippen LogP contribution is -2.26. The number of anilines is 2. The molecule has 6 heteroatoms. The Balaban J connectivity index is 2.10. The summed E-state index contributed by atoms with van der Waals surface area (Å²) < 4.78 is 5.26. The highest BCUT2D eigenvalue weighted by atomic mass is 16.5. The Morgan fingerprint density at radius 1 is 1.58 bits per heavy atom. The number of nitrogens with one attached hydrogen (secondary N) is 1. The first-order valence-electron chi connectivity index (χ1n) is 5.73. The number of nitrogens with zero attached hydrogens (tertiary/aromatic N) is 1. The average Bonchev–Trinajstić information content (AvgIpc) is 2.37. The highest BCUT2D eigenvalue weighted by molar-refractivity contribution is 5.96. The Bertz CT molecular complexity index is 539. The second-order valence-corrected chi connectivity index (χ2v) is 4.14. The molecule has 2 rings (SSSR count). The number of hydrogen-bond acceptors (Lipinski definition) is 4. The lowest BCUT2D eigenvalue weighted by Gasteiger charge is -2.22. The van der Waals surface area contributed by atoms with E-state index in [0.717, 1.165) is 11.8 Å². The molecule has 2 N–H and O–H groups in total. The number of hydrogen-bond donors (Lipinski definition) is 2. The highest BCUT2D eigenvalue weighted by Gasteiger charge is 2.16. The van der Waals surface area contributed by atoms with Crippen molar-refractivity contribution in [2.75, 3.05) is 30.4 Å². The van der Waals surface area contributed by atoms with Crippen molar-refractivity contribution in [2.45, 2.75) is 0 Å². The van der Waals surface area contributed by atoms with E-state index in [0.29, 0.717) is 18.0 Å². The second kappa shape index (κ2) is 5.43. The van der Waals surface area contributed by atoms with E-state index in [4.69, 9.17) is 9.84 Å². The maximum Gasteiger partial charge on any atom is 0.328 e. The van der Waals surface area contributed by atoms with Gasteiger partial charge in [-0.05, 0) is 18.2 Å². The van der Waals surface area contributed by atoms with Crippen molar-refractivity contribution in [3.05, 3.63) is 30.4 Å². The van der Waals surface area contributed by atoms with Crippen LogP contribution in [0.4, 0.5) is 11.4 Å². The van der Waals surface area contributed by atoms with Crippen LogP contribution in [-0.4, -0.2) is 37.2 Å². The van der Waals surface area contributed by atoms with Gasteiger partial charge in [0, 0.05) is 25.4 Å². The molecule has 0 spiro atoms. The van der Waals surface area contributed by atoms with Crippen LogP contribution >= 0.6 is 0 Å². The normalized spacial score (nSPS) is 13.6. The molecule has 1 amide bonds. The summed E-state index contributed by atoms with van der Waals surface area (Å²) in [5.74, 6) is -0.518. The second-order valence-electron chi connectivity index (χ2n) is 4.14. The smallest absolute Gasteiger partial charge is 0.328 e. The van der Waals surface area contributed by atoms with Crippen molar-refractivity contribution in [1.82, 2.24) is 0 Å². The number of benzene rings is 1. The summed E-state index contributed by atoms with van der Waals surface area (Å²) >= 11 is 0. The third-order valence-electron chi connectivity index (χ3n) is 2.68. The van der Waals surface area contributed by atoms with E-state index < -0.39 is 5.97 Å². The number of carbonyl (C=O) groups excluding carboxylic acids is 1. The summed E-state index contributed by atoms with van der Waals surface area (Å²) in [5.41, 5.74) is 1.49.